The maximum absolute atomic E-state index is 11.3. The van der Waals surface area contributed by atoms with Crippen LogP contribution in [0.25, 0.3) is 0 Å². The van der Waals surface area contributed by atoms with Crippen molar-refractivity contribution in [1.29, 1.82) is 0 Å². The number of primary amides is 1. The largest absolute Gasteiger partial charge is 0.370 e. The summed E-state index contributed by atoms with van der Waals surface area (Å²) in [5.74, 6) is 0.194. The molecule has 1 aromatic heterocycles. The number of hydrogen-bond donors (Lipinski definition) is 3. The Labute approximate surface area is 95.0 Å². The molecule has 0 fully saturated rings. The number of amides is 1. The standard InChI is InChI=1S/C10H19N5O/c1-6(11)4-5-13-10-8(9(12)16)7(2)14-15(10)3/h6,13H,4-5,11H2,1-3H3,(H2,12,16). The number of nitrogens with one attached hydrogen (secondary N) is 1. The van der Waals surface area contributed by atoms with Gasteiger partial charge in [0.25, 0.3) is 5.91 Å². The van der Waals surface area contributed by atoms with Gasteiger partial charge in [0, 0.05) is 19.6 Å². The first kappa shape index (κ1) is 12.5. The average molecular weight is 225 g/mol. The van der Waals surface area contributed by atoms with Gasteiger partial charge < -0.3 is 16.8 Å². The third kappa shape index (κ3) is 2.73. The van der Waals surface area contributed by atoms with Crippen LogP contribution in [0.1, 0.15) is 29.4 Å². The second-order valence-corrected chi connectivity index (χ2v) is 3.99. The molecule has 90 valence electrons. The van der Waals surface area contributed by atoms with Crippen LogP contribution >= 0.6 is 0 Å². The topological polar surface area (TPSA) is 99.0 Å². The number of nitrogens with two attached hydrogens (primary N) is 2. The normalized spacial score (nSPS) is 12.5. The zero-order chi connectivity index (χ0) is 12.3. The molecule has 1 rings (SSSR count). The first-order chi connectivity index (χ1) is 7.43. The van der Waals surface area contributed by atoms with Gasteiger partial charge >= 0.3 is 0 Å². The van der Waals surface area contributed by atoms with Crippen LogP contribution in [0.15, 0.2) is 0 Å². The van der Waals surface area contributed by atoms with Gasteiger partial charge in [0.1, 0.15) is 11.4 Å². The summed E-state index contributed by atoms with van der Waals surface area (Å²) in [5.41, 5.74) is 12.0. The molecule has 1 aromatic rings. The van der Waals surface area contributed by atoms with E-state index in [2.05, 4.69) is 10.4 Å². The zero-order valence-electron chi connectivity index (χ0n) is 9.95. The molecule has 0 aliphatic rings. The summed E-state index contributed by atoms with van der Waals surface area (Å²) >= 11 is 0. The second kappa shape index (κ2) is 4.98. The molecule has 6 heteroatoms. The molecule has 16 heavy (non-hydrogen) atoms. The van der Waals surface area contributed by atoms with Crippen LogP contribution < -0.4 is 16.8 Å². The summed E-state index contributed by atoms with van der Waals surface area (Å²) in [6, 6.07) is 0.124. The van der Waals surface area contributed by atoms with Crippen molar-refractivity contribution in [2.24, 2.45) is 18.5 Å². The van der Waals surface area contributed by atoms with Crippen molar-refractivity contribution in [2.45, 2.75) is 26.3 Å². The van der Waals surface area contributed by atoms with E-state index in [0.29, 0.717) is 23.6 Å². The van der Waals surface area contributed by atoms with Gasteiger partial charge in [-0.2, -0.15) is 5.10 Å². The minimum absolute atomic E-state index is 0.124. The Morgan fingerprint density at radius 3 is 2.75 bits per heavy atom. The maximum atomic E-state index is 11.3. The second-order valence-electron chi connectivity index (χ2n) is 3.99. The van der Waals surface area contributed by atoms with Crippen LogP contribution in [0, 0.1) is 6.92 Å². The van der Waals surface area contributed by atoms with Gasteiger partial charge in [-0.05, 0) is 20.3 Å². The van der Waals surface area contributed by atoms with E-state index in [0.717, 1.165) is 6.42 Å². The van der Waals surface area contributed by atoms with Crippen molar-refractivity contribution >= 4 is 11.7 Å². The van der Waals surface area contributed by atoms with Gasteiger partial charge in [-0.15, -0.1) is 0 Å². The lowest BCUT2D eigenvalue weighted by Gasteiger charge is -2.09. The highest BCUT2D eigenvalue weighted by atomic mass is 16.1. The molecule has 5 N–H and O–H groups in total. The van der Waals surface area contributed by atoms with Crippen LogP contribution in [-0.4, -0.2) is 28.3 Å². The minimum atomic E-state index is -0.464. The van der Waals surface area contributed by atoms with Crippen LogP contribution in [0.4, 0.5) is 5.82 Å². The third-order valence-electron chi connectivity index (χ3n) is 2.36. The van der Waals surface area contributed by atoms with Gasteiger partial charge in [-0.25, -0.2) is 0 Å². The summed E-state index contributed by atoms with van der Waals surface area (Å²) in [6.45, 7) is 4.39. The summed E-state index contributed by atoms with van der Waals surface area (Å²) in [7, 11) is 1.77. The molecule has 0 bridgehead atoms. The molecule has 1 heterocycles. The number of aryl methyl sites for hydroxylation is 2. The molecule has 0 aliphatic carbocycles. The summed E-state index contributed by atoms with van der Waals surface area (Å²) in [6.07, 6.45) is 0.822. The van der Waals surface area contributed by atoms with Gasteiger partial charge in [0.15, 0.2) is 0 Å². The third-order valence-corrected chi connectivity index (χ3v) is 2.36. The Bertz CT molecular complexity index is 383. The van der Waals surface area contributed by atoms with E-state index in [1.807, 2.05) is 6.92 Å². The lowest BCUT2D eigenvalue weighted by atomic mass is 10.2. The predicted octanol–water partition coefficient (Wildman–Crippen LogP) is -0.0234. The van der Waals surface area contributed by atoms with Gasteiger partial charge in [0.2, 0.25) is 0 Å². The van der Waals surface area contributed by atoms with E-state index in [1.54, 1.807) is 18.7 Å². The molecule has 0 saturated heterocycles. The maximum Gasteiger partial charge on any atom is 0.254 e. The van der Waals surface area contributed by atoms with E-state index in [1.165, 1.54) is 0 Å². The lowest BCUT2D eigenvalue weighted by Crippen LogP contribution is -2.21. The van der Waals surface area contributed by atoms with E-state index in [9.17, 15) is 4.79 Å². The highest BCUT2D eigenvalue weighted by Gasteiger charge is 2.17. The Kier molecular flexibility index (Phi) is 3.89. The number of carbonyl (C=O) groups is 1. The Balaban J connectivity index is 2.82. The molecule has 0 aromatic carbocycles. The highest BCUT2D eigenvalue weighted by molar-refractivity contribution is 5.98. The molecule has 0 saturated carbocycles. The Morgan fingerprint density at radius 1 is 1.62 bits per heavy atom. The number of anilines is 1. The van der Waals surface area contributed by atoms with E-state index in [4.69, 9.17) is 11.5 Å². The molecule has 0 aliphatic heterocycles. The van der Waals surface area contributed by atoms with Crippen molar-refractivity contribution in [3.63, 3.8) is 0 Å². The molecule has 1 atom stereocenters. The Hall–Kier alpha value is -1.56. The lowest BCUT2D eigenvalue weighted by molar-refractivity contribution is 0.100. The number of rotatable bonds is 5. The molecule has 1 unspecified atom stereocenters. The van der Waals surface area contributed by atoms with E-state index >= 15 is 0 Å². The summed E-state index contributed by atoms with van der Waals surface area (Å²) < 4.78 is 1.62. The van der Waals surface area contributed by atoms with E-state index in [-0.39, 0.29) is 6.04 Å². The first-order valence-electron chi connectivity index (χ1n) is 5.26. The number of aromatic nitrogens is 2. The van der Waals surface area contributed by atoms with Gasteiger partial charge in [-0.1, -0.05) is 0 Å². The van der Waals surface area contributed by atoms with Crippen molar-refractivity contribution in [3.05, 3.63) is 11.3 Å². The zero-order valence-corrected chi connectivity index (χ0v) is 9.95. The van der Waals surface area contributed by atoms with Crippen LogP contribution in [0.2, 0.25) is 0 Å². The number of hydrogen-bond acceptors (Lipinski definition) is 4. The quantitative estimate of drug-likeness (QED) is 0.655. The highest BCUT2D eigenvalue weighted by Crippen LogP contribution is 2.17. The van der Waals surface area contributed by atoms with Crippen molar-refractivity contribution in [1.82, 2.24) is 9.78 Å². The molecule has 0 radical (unpaired) electrons. The molecular weight excluding hydrogens is 206 g/mol. The fourth-order valence-electron chi connectivity index (χ4n) is 1.57. The first-order valence-corrected chi connectivity index (χ1v) is 5.26. The Morgan fingerprint density at radius 2 is 2.25 bits per heavy atom. The number of nitrogens with zero attached hydrogens (tertiary/aromatic N) is 2. The van der Waals surface area contributed by atoms with Crippen molar-refractivity contribution in [3.8, 4) is 0 Å². The molecule has 6 nitrogen and oxygen atoms in total. The van der Waals surface area contributed by atoms with Gasteiger partial charge in [0.05, 0.1) is 5.69 Å². The molecular formula is C10H19N5O. The SMILES string of the molecule is Cc1nn(C)c(NCCC(C)N)c1C(N)=O. The van der Waals surface area contributed by atoms with Crippen LogP contribution in [0.3, 0.4) is 0 Å². The fourth-order valence-corrected chi connectivity index (χ4v) is 1.57. The monoisotopic (exact) mass is 225 g/mol. The van der Waals surface area contributed by atoms with Crippen LogP contribution in [-0.2, 0) is 7.05 Å². The summed E-state index contributed by atoms with van der Waals surface area (Å²) in [5, 5.41) is 7.29. The van der Waals surface area contributed by atoms with Crippen molar-refractivity contribution in [2.75, 3.05) is 11.9 Å². The summed E-state index contributed by atoms with van der Waals surface area (Å²) in [4.78, 5) is 11.3. The predicted molar refractivity (Wildman–Crippen MR) is 63.2 cm³/mol. The minimum Gasteiger partial charge on any atom is -0.370 e. The molecule has 0 spiro atoms. The molecule has 1 amide bonds. The average Bonchev–Trinajstić information content (AvgIpc) is 2.40. The van der Waals surface area contributed by atoms with Gasteiger partial charge in [-0.3, -0.25) is 9.48 Å². The van der Waals surface area contributed by atoms with Crippen molar-refractivity contribution < 1.29 is 4.79 Å². The smallest absolute Gasteiger partial charge is 0.254 e. The van der Waals surface area contributed by atoms with E-state index < -0.39 is 5.91 Å². The van der Waals surface area contributed by atoms with Crippen LogP contribution in [0.5, 0.6) is 0 Å². The number of carbonyl (C=O) groups excluding carboxylic acids is 1. The fraction of sp³-hybridized carbons (Fsp3) is 0.600.